The van der Waals surface area contributed by atoms with Crippen LogP contribution in [0.15, 0.2) is 22.7 Å². The summed E-state index contributed by atoms with van der Waals surface area (Å²) in [4.78, 5) is 14.1. The highest BCUT2D eigenvalue weighted by molar-refractivity contribution is 9.10. The molecule has 1 fully saturated rings. The highest BCUT2D eigenvalue weighted by atomic mass is 79.9. The molecule has 2 rings (SSSR count). The molecule has 1 aliphatic rings. The van der Waals surface area contributed by atoms with Crippen molar-refractivity contribution in [2.24, 2.45) is 0 Å². The Morgan fingerprint density at radius 3 is 3.06 bits per heavy atom. The van der Waals surface area contributed by atoms with Crippen molar-refractivity contribution < 1.29 is 9.18 Å². The largest absolute Gasteiger partial charge is 0.333 e. The summed E-state index contributed by atoms with van der Waals surface area (Å²) in [6.07, 6.45) is 0. The third kappa shape index (κ3) is 2.50. The summed E-state index contributed by atoms with van der Waals surface area (Å²) in [6, 6.07) is 4.67. The van der Waals surface area contributed by atoms with Gasteiger partial charge in [0.25, 0.3) is 5.91 Å². The lowest BCUT2D eigenvalue weighted by atomic mass is 10.1. The van der Waals surface area contributed by atoms with Gasteiger partial charge in [0.1, 0.15) is 5.82 Å². The minimum atomic E-state index is -0.404. The molecule has 0 bridgehead atoms. The molecule has 1 aromatic rings. The van der Waals surface area contributed by atoms with Gasteiger partial charge in [0.05, 0.1) is 10.0 Å². The van der Waals surface area contributed by atoms with Crippen LogP contribution in [0.5, 0.6) is 0 Å². The first-order valence-corrected chi connectivity index (χ1v) is 6.36. The van der Waals surface area contributed by atoms with Crippen LogP contribution in [0.4, 0.5) is 4.39 Å². The van der Waals surface area contributed by atoms with E-state index in [9.17, 15) is 9.18 Å². The van der Waals surface area contributed by atoms with Crippen molar-refractivity contribution in [3.63, 3.8) is 0 Å². The maximum atomic E-state index is 13.4. The average molecular weight is 301 g/mol. The highest BCUT2D eigenvalue weighted by Gasteiger charge is 2.25. The van der Waals surface area contributed by atoms with Crippen LogP contribution < -0.4 is 5.32 Å². The molecule has 1 aliphatic heterocycles. The fourth-order valence-corrected chi connectivity index (χ4v) is 2.40. The Bertz CT molecular complexity index is 439. The molecule has 1 amide bonds. The van der Waals surface area contributed by atoms with Gasteiger partial charge in [-0.05, 0) is 35.0 Å². The predicted molar refractivity (Wildman–Crippen MR) is 67.5 cm³/mol. The lowest BCUT2D eigenvalue weighted by Crippen LogP contribution is -2.52. The number of hydrogen-bond acceptors (Lipinski definition) is 2. The summed E-state index contributed by atoms with van der Waals surface area (Å²) in [7, 11) is 0. The molecule has 92 valence electrons. The lowest BCUT2D eigenvalue weighted by molar-refractivity contribution is 0.0654. The van der Waals surface area contributed by atoms with Crippen molar-refractivity contribution >= 4 is 21.8 Å². The standard InChI is InChI=1S/C12H14BrFN2O/c1-8-7-15-5-6-16(8)12(17)9-3-2-4-10(14)11(9)13/h2-4,8,15H,5-7H2,1H3/t8-/m0/s1. The van der Waals surface area contributed by atoms with E-state index in [1.807, 2.05) is 6.92 Å². The molecule has 1 aromatic carbocycles. The maximum absolute atomic E-state index is 13.4. The molecule has 0 radical (unpaired) electrons. The Morgan fingerprint density at radius 1 is 1.59 bits per heavy atom. The summed E-state index contributed by atoms with van der Waals surface area (Å²) in [5.74, 6) is -0.524. The van der Waals surface area contributed by atoms with Gasteiger partial charge in [-0.2, -0.15) is 0 Å². The molecule has 0 aromatic heterocycles. The Labute approximate surface area is 108 Å². The second-order valence-electron chi connectivity index (χ2n) is 4.15. The van der Waals surface area contributed by atoms with Crippen LogP contribution in [-0.4, -0.2) is 36.5 Å². The monoisotopic (exact) mass is 300 g/mol. The van der Waals surface area contributed by atoms with E-state index in [2.05, 4.69) is 21.2 Å². The molecule has 5 heteroatoms. The lowest BCUT2D eigenvalue weighted by Gasteiger charge is -2.34. The zero-order chi connectivity index (χ0) is 12.4. The van der Waals surface area contributed by atoms with E-state index in [-0.39, 0.29) is 16.4 Å². The normalized spacial score (nSPS) is 20.4. The number of halogens is 2. The Kier molecular flexibility index (Phi) is 3.79. The minimum Gasteiger partial charge on any atom is -0.333 e. The molecule has 0 unspecified atom stereocenters. The zero-order valence-electron chi connectivity index (χ0n) is 9.54. The van der Waals surface area contributed by atoms with Crippen LogP contribution in [0.1, 0.15) is 17.3 Å². The number of rotatable bonds is 1. The van der Waals surface area contributed by atoms with Crippen LogP contribution in [0.2, 0.25) is 0 Å². The zero-order valence-corrected chi connectivity index (χ0v) is 11.1. The molecule has 1 atom stereocenters. The molecular formula is C12H14BrFN2O. The van der Waals surface area contributed by atoms with Gasteiger partial charge < -0.3 is 10.2 Å². The Balaban J connectivity index is 2.27. The summed E-state index contributed by atoms with van der Waals surface area (Å²) in [6.45, 7) is 4.20. The number of benzene rings is 1. The van der Waals surface area contributed by atoms with E-state index >= 15 is 0 Å². The number of piperazine rings is 1. The van der Waals surface area contributed by atoms with Gasteiger partial charge in [0.15, 0.2) is 0 Å². The third-order valence-corrected chi connectivity index (χ3v) is 3.75. The van der Waals surface area contributed by atoms with Gasteiger partial charge in [-0.25, -0.2) is 4.39 Å². The van der Waals surface area contributed by atoms with Crippen molar-refractivity contribution in [1.82, 2.24) is 10.2 Å². The van der Waals surface area contributed by atoms with Gasteiger partial charge in [0, 0.05) is 25.7 Å². The average Bonchev–Trinajstić information content (AvgIpc) is 2.32. The second kappa shape index (κ2) is 5.14. The van der Waals surface area contributed by atoms with Crippen LogP contribution in [-0.2, 0) is 0 Å². The molecule has 1 saturated heterocycles. The van der Waals surface area contributed by atoms with E-state index in [0.29, 0.717) is 12.1 Å². The summed E-state index contributed by atoms with van der Waals surface area (Å²) in [5.41, 5.74) is 0.388. The van der Waals surface area contributed by atoms with Crippen LogP contribution in [0.25, 0.3) is 0 Å². The molecule has 1 heterocycles. The summed E-state index contributed by atoms with van der Waals surface area (Å²) in [5, 5.41) is 3.22. The number of carbonyl (C=O) groups is 1. The summed E-state index contributed by atoms with van der Waals surface area (Å²) >= 11 is 3.13. The first kappa shape index (κ1) is 12.5. The summed E-state index contributed by atoms with van der Waals surface area (Å²) < 4.78 is 13.6. The molecule has 17 heavy (non-hydrogen) atoms. The minimum absolute atomic E-state index is 0.120. The maximum Gasteiger partial charge on any atom is 0.255 e. The molecule has 0 spiro atoms. The first-order chi connectivity index (χ1) is 8.11. The quantitative estimate of drug-likeness (QED) is 0.861. The number of nitrogens with zero attached hydrogens (tertiary/aromatic N) is 1. The first-order valence-electron chi connectivity index (χ1n) is 5.57. The third-order valence-electron chi connectivity index (χ3n) is 2.94. The van der Waals surface area contributed by atoms with Crippen LogP contribution >= 0.6 is 15.9 Å². The van der Waals surface area contributed by atoms with Gasteiger partial charge in [-0.15, -0.1) is 0 Å². The topological polar surface area (TPSA) is 32.3 Å². The molecule has 1 N–H and O–H groups in total. The smallest absolute Gasteiger partial charge is 0.255 e. The Hall–Kier alpha value is -0.940. The number of nitrogens with one attached hydrogen (secondary N) is 1. The van der Waals surface area contributed by atoms with E-state index in [1.165, 1.54) is 6.07 Å². The number of hydrogen-bond donors (Lipinski definition) is 1. The van der Waals surface area contributed by atoms with E-state index in [0.717, 1.165) is 13.1 Å². The fourth-order valence-electron chi connectivity index (χ4n) is 1.97. The van der Waals surface area contributed by atoms with Crippen molar-refractivity contribution in [3.8, 4) is 0 Å². The van der Waals surface area contributed by atoms with E-state index < -0.39 is 5.82 Å². The molecule has 0 aliphatic carbocycles. The molecule has 3 nitrogen and oxygen atoms in total. The van der Waals surface area contributed by atoms with Crippen LogP contribution in [0, 0.1) is 5.82 Å². The van der Waals surface area contributed by atoms with Crippen LogP contribution in [0.3, 0.4) is 0 Å². The predicted octanol–water partition coefficient (Wildman–Crippen LogP) is 2.02. The van der Waals surface area contributed by atoms with E-state index in [1.54, 1.807) is 17.0 Å². The SMILES string of the molecule is C[C@H]1CNCCN1C(=O)c1cccc(F)c1Br. The highest BCUT2D eigenvalue weighted by Crippen LogP contribution is 2.22. The number of carbonyl (C=O) groups excluding carboxylic acids is 1. The van der Waals surface area contributed by atoms with Gasteiger partial charge >= 0.3 is 0 Å². The van der Waals surface area contributed by atoms with Crippen molar-refractivity contribution in [2.75, 3.05) is 19.6 Å². The molecular weight excluding hydrogens is 287 g/mol. The van der Waals surface area contributed by atoms with Crippen molar-refractivity contribution in [1.29, 1.82) is 0 Å². The van der Waals surface area contributed by atoms with Crippen molar-refractivity contribution in [3.05, 3.63) is 34.1 Å². The van der Waals surface area contributed by atoms with Crippen molar-refractivity contribution in [2.45, 2.75) is 13.0 Å². The van der Waals surface area contributed by atoms with Gasteiger partial charge in [0.2, 0.25) is 0 Å². The Morgan fingerprint density at radius 2 is 2.35 bits per heavy atom. The van der Waals surface area contributed by atoms with Gasteiger partial charge in [-0.3, -0.25) is 4.79 Å². The fraction of sp³-hybridized carbons (Fsp3) is 0.417. The van der Waals surface area contributed by atoms with Gasteiger partial charge in [-0.1, -0.05) is 6.07 Å². The van der Waals surface area contributed by atoms with E-state index in [4.69, 9.17) is 0 Å². The second-order valence-corrected chi connectivity index (χ2v) is 4.95. The molecule has 0 saturated carbocycles. The number of amides is 1.